The minimum atomic E-state index is 0.356. The molecule has 0 rings (SSSR count). The summed E-state index contributed by atoms with van der Waals surface area (Å²) in [5.41, 5.74) is 0. The third kappa shape index (κ3) is 19.7. The molecule has 0 aromatic heterocycles. The Kier molecular flexibility index (Phi) is 20.4. The van der Waals surface area contributed by atoms with Crippen LogP contribution in [-0.4, -0.2) is 11.7 Å². The van der Waals surface area contributed by atoms with E-state index in [0.717, 1.165) is 6.42 Å². The fraction of sp³-hybridized carbons (Fsp3) is 0.905. The van der Waals surface area contributed by atoms with E-state index in [4.69, 9.17) is 5.11 Å². The topological polar surface area (TPSA) is 20.2 Å². The summed E-state index contributed by atoms with van der Waals surface area (Å²) < 4.78 is 0. The van der Waals surface area contributed by atoms with E-state index < -0.39 is 0 Å². The average molecular weight is 311 g/mol. The first kappa shape index (κ1) is 21.7. The van der Waals surface area contributed by atoms with Crippen molar-refractivity contribution >= 4 is 0 Å². The molecular formula is C21H42O. The van der Waals surface area contributed by atoms with Crippen LogP contribution >= 0.6 is 0 Å². The molecule has 0 fully saturated rings. The highest BCUT2D eigenvalue weighted by molar-refractivity contribution is 4.81. The molecule has 0 spiro atoms. The Morgan fingerprint density at radius 1 is 0.500 bits per heavy atom. The second-order valence-electron chi connectivity index (χ2n) is 6.72. The number of hydrogen-bond donors (Lipinski definition) is 1. The van der Waals surface area contributed by atoms with Crippen molar-refractivity contribution in [2.45, 2.75) is 116 Å². The summed E-state index contributed by atoms with van der Waals surface area (Å²) in [7, 11) is 0. The van der Waals surface area contributed by atoms with Crippen molar-refractivity contribution < 1.29 is 5.11 Å². The lowest BCUT2D eigenvalue weighted by atomic mass is 10.1. The summed E-state index contributed by atoms with van der Waals surface area (Å²) in [5, 5.41) is 8.69. The zero-order chi connectivity index (χ0) is 16.1. The molecule has 132 valence electrons. The van der Waals surface area contributed by atoms with E-state index in [-0.39, 0.29) is 0 Å². The van der Waals surface area contributed by atoms with Gasteiger partial charge in [-0.1, -0.05) is 96.1 Å². The standard InChI is InChI=1S/C21H42O/c1-2-3-4-5-6-7-8-9-10-11-12-13-14-15-16-17-18-19-20-21-22/h14-15,22H,2-13,16-21H2,1H3. The average Bonchev–Trinajstić information content (AvgIpc) is 2.54. The lowest BCUT2D eigenvalue weighted by molar-refractivity contribution is 0.282. The van der Waals surface area contributed by atoms with Gasteiger partial charge in [-0.15, -0.1) is 0 Å². The van der Waals surface area contributed by atoms with Gasteiger partial charge in [0.2, 0.25) is 0 Å². The number of rotatable bonds is 18. The van der Waals surface area contributed by atoms with Gasteiger partial charge < -0.3 is 5.11 Å². The van der Waals surface area contributed by atoms with Crippen LogP contribution in [-0.2, 0) is 0 Å². The Morgan fingerprint density at radius 3 is 1.27 bits per heavy atom. The van der Waals surface area contributed by atoms with Crippen molar-refractivity contribution in [3.63, 3.8) is 0 Å². The van der Waals surface area contributed by atoms with E-state index in [9.17, 15) is 0 Å². The number of aliphatic hydroxyl groups excluding tert-OH is 1. The van der Waals surface area contributed by atoms with Gasteiger partial charge in [0.1, 0.15) is 0 Å². The molecule has 0 aliphatic heterocycles. The maximum absolute atomic E-state index is 8.69. The van der Waals surface area contributed by atoms with Gasteiger partial charge in [0, 0.05) is 6.61 Å². The van der Waals surface area contributed by atoms with E-state index in [1.165, 1.54) is 103 Å². The number of unbranched alkanes of at least 4 members (excludes halogenated alkanes) is 15. The monoisotopic (exact) mass is 310 g/mol. The summed E-state index contributed by atoms with van der Waals surface area (Å²) >= 11 is 0. The first-order valence-corrected chi connectivity index (χ1v) is 10.2. The Labute approximate surface area is 140 Å². The number of allylic oxidation sites excluding steroid dienone is 2. The van der Waals surface area contributed by atoms with Gasteiger partial charge in [0.25, 0.3) is 0 Å². The van der Waals surface area contributed by atoms with E-state index in [0.29, 0.717) is 6.61 Å². The molecule has 0 aliphatic rings. The number of hydrogen-bond acceptors (Lipinski definition) is 1. The van der Waals surface area contributed by atoms with E-state index in [1.54, 1.807) is 0 Å². The molecule has 0 heterocycles. The predicted molar refractivity (Wildman–Crippen MR) is 100 cm³/mol. The van der Waals surface area contributed by atoms with Crippen LogP contribution in [0.15, 0.2) is 12.2 Å². The zero-order valence-electron chi connectivity index (χ0n) is 15.3. The van der Waals surface area contributed by atoms with E-state index in [1.807, 2.05) is 0 Å². The molecule has 0 radical (unpaired) electrons. The van der Waals surface area contributed by atoms with Gasteiger partial charge in [-0.05, 0) is 32.1 Å². The Hall–Kier alpha value is -0.300. The molecule has 22 heavy (non-hydrogen) atoms. The fourth-order valence-corrected chi connectivity index (χ4v) is 2.89. The summed E-state index contributed by atoms with van der Waals surface area (Å²) in [6.07, 6.45) is 27.7. The van der Waals surface area contributed by atoms with Crippen molar-refractivity contribution in [3.05, 3.63) is 12.2 Å². The fourth-order valence-electron chi connectivity index (χ4n) is 2.89. The normalized spacial score (nSPS) is 11.5. The zero-order valence-corrected chi connectivity index (χ0v) is 15.3. The highest BCUT2D eigenvalue weighted by Gasteiger charge is 1.92. The van der Waals surface area contributed by atoms with Crippen LogP contribution < -0.4 is 0 Å². The predicted octanol–water partition coefficient (Wildman–Crippen LogP) is 7.19. The highest BCUT2D eigenvalue weighted by Crippen LogP contribution is 2.12. The minimum Gasteiger partial charge on any atom is -0.396 e. The molecule has 0 aromatic rings. The Bertz CT molecular complexity index is 210. The van der Waals surface area contributed by atoms with Gasteiger partial charge >= 0.3 is 0 Å². The Balaban J connectivity index is 3.01. The molecule has 1 nitrogen and oxygen atoms in total. The highest BCUT2D eigenvalue weighted by atomic mass is 16.2. The molecule has 0 unspecified atom stereocenters. The molecule has 0 saturated heterocycles. The van der Waals surface area contributed by atoms with E-state index in [2.05, 4.69) is 19.1 Å². The molecule has 0 bridgehead atoms. The molecule has 0 atom stereocenters. The molecule has 0 aliphatic carbocycles. The van der Waals surface area contributed by atoms with Crippen molar-refractivity contribution in [2.24, 2.45) is 0 Å². The SMILES string of the molecule is CCCCCCCCCCCCCC=CCCCCCCO. The molecule has 0 amide bonds. The van der Waals surface area contributed by atoms with Crippen molar-refractivity contribution in [2.75, 3.05) is 6.61 Å². The van der Waals surface area contributed by atoms with Gasteiger partial charge in [-0.2, -0.15) is 0 Å². The van der Waals surface area contributed by atoms with E-state index >= 15 is 0 Å². The van der Waals surface area contributed by atoms with Crippen LogP contribution in [0.5, 0.6) is 0 Å². The largest absolute Gasteiger partial charge is 0.396 e. The van der Waals surface area contributed by atoms with Crippen LogP contribution in [0, 0.1) is 0 Å². The first-order valence-electron chi connectivity index (χ1n) is 10.2. The second-order valence-corrected chi connectivity index (χ2v) is 6.72. The molecular weight excluding hydrogens is 268 g/mol. The van der Waals surface area contributed by atoms with Gasteiger partial charge in [-0.25, -0.2) is 0 Å². The smallest absolute Gasteiger partial charge is 0.0431 e. The molecule has 0 aromatic carbocycles. The lowest BCUT2D eigenvalue weighted by Crippen LogP contribution is -1.82. The van der Waals surface area contributed by atoms with Crippen LogP contribution in [0.3, 0.4) is 0 Å². The van der Waals surface area contributed by atoms with Crippen molar-refractivity contribution in [1.82, 2.24) is 0 Å². The molecule has 1 heteroatoms. The Morgan fingerprint density at radius 2 is 0.864 bits per heavy atom. The van der Waals surface area contributed by atoms with Crippen LogP contribution in [0.2, 0.25) is 0 Å². The maximum Gasteiger partial charge on any atom is 0.0431 e. The third-order valence-electron chi connectivity index (χ3n) is 4.42. The second kappa shape index (κ2) is 20.7. The van der Waals surface area contributed by atoms with Crippen LogP contribution in [0.25, 0.3) is 0 Å². The van der Waals surface area contributed by atoms with Crippen LogP contribution in [0.1, 0.15) is 116 Å². The quantitative estimate of drug-likeness (QED) is 0.210. The first-order chi connectivity index (χ1) is 10.9. The van der Waals surface area contributed by atoms with Crippen LogP contribution in [0.4, 0.5) is 0 Å². The summed E-state index contributed by atoms with van der Waals surface area (Å²) in [4.78, 5) is 0. The molecule has 0 saturated carbocycles. The molecule has 1 N–H and O–H groups in total. The van der Waals surface area contributed by atoms with Gasteiger partial charge in [0.05, 0.1) is 0 Å². The summed E-state index contributed by atoms with van der Waals surface area (Å²) in [6.45, 7) is 2.64. The summed E-state index contributed by atoms with van der Waals surface area (Å²) in [6, 6.07) is 0. The summed E-state index contributed by atoms with van der Waals surface area (Å²) in [5.74, 6) is 0. The van der Waals surface area contributed by atoms with Crippen molar-refractivity contribution in [1.29, 1.82) is 0 Å². The van der Waals surface area contributed by atoms with Crippen molar-refractivity contribution in [3.8, 4) is 0 Å². The lowest BCUT2D eigenvalue weighted by Gasteiger charge is -2.01. The third-order valence-corrected chi connectivity index (χ3v) is 4.42. The van der Waals surface area contributed by atoms with Gasteiger partial charge in [0.15, 0.2) is 0 Å². The minimum absolute atomic E-state index is 0.356. The van der Waals surface area contributed by atoms with Gasteiger partial charge in [-0.3, -0.25) is 0 Å². The maximum atomic E-state index is 8.69. The number of aliphatic hydroxyl groups is 1.